The van der Waals surface area contributed by atoms with Crippen molar-refractivity contribution in [1.82, 2.24) is 10.6 Å². The van der Waals surface area contributed by atoms with E-state index in [1.54, 1.807) is 6.07 Å². The van der Waals surface area contributed by atoms with Gasteiger partial charge in [0.15, 0.2) is 5.76 Å². The number of amides is 2. The van der Waals surface area contributed by atoms with Crippen LogP contribution in [0.15, 0.2) is 53.1 Å². The third-order valence-electron chi connectivity index (χ3n) is 2.99. The number of nitriles is 1. The molecule has 2 amide bonds. The topological polar surface area (TPSA) is 95.1 Å². The van der Waals surface area contributed by atoms with Crippen molar-refractivity contribution in [2.45, 2.75) is 12.5 Å². The Morgan fingerprint density at radius 1 is 1.18 bits per heavy atom. The molecule has 0 saturated carbocycles. The molecule has 1 unspecified atom stereocenters. The summed E-state index contributed by atoms with van der Waals surface area (Å²) in [6.45, 7) is -0.110. The lowest BCUT2D eigenvalue weighted by Crippen LogP contribution is -2.48. The Morgan fingerprint density at radius 3 is 2.59 bits per heavy atom. The van der Waals surface area contributed by atoms with Gasteiger partial charge < -0.3 is 15.1 Å². The molecule has 1 heterocycles. The first-order valence-electron chi connectivity index (χ1n) is 6.73. The number of carbonyl (C=O) groups excluding carboxylic acids is 2. The monoisotopic (exact) mass is 297 g/mol. The molecule has 0 aliphatic heterocycles. The fraction of sp³-hybridized carbons (Fsp3) is 0.188. The number of rotatable bonds is 6. The lowest BCUT2D eigenvalue weighted by atomic mass is 10.1. The van der Waals surface area contributed by atoms with Gasteiger partial charge in [-0.05, 0) is 17.7 Å². The third-order valence-corrected chi connectivity index (χ3v) is 2.99. The largest absolute Gasteiger partial charge is 0.459 e. The molecular formula is C16H15N3O3. The molecule has 6 nitrogen and oxygen atoms in total. The van der Waals surface area contributed by atoms with Gasteiger partial charge in [-0.2, -0.15) is 5.26 Å². The lowest BCUT2D eigenvalue weighted by Gasteiger charge is -2.17. The number of hydrogen-bond donors (Lipinski definition) is 2. The molecule has 0 aliphatic carbocycles. The van der Waals surface area contributed by atoms with Gasteiger partial charge in [0.1, 0.15) is 12.6 Å². The minimum Gasteiger partial charge on any atom is -0.459 e. The van der Waals surface area contributed by atoms with Crippen LogP contribution < -0.4 is 10.6 Å². The van der Waals surface area contributed by atoms with Crippen LogP contribution in [-0.4, -0.2) is 24.4 Å². The van der Waals surface area contributed by atoms with Gasteiger partial charge in [-0.1, -0.05) is 30.3 Å². The van der Waals surface area contributed by atoms with Gasteiger partial charge in [0.05, 0.1) is 12.3 Å². The van der Waals surface area contributed by atoms with Gasteiger partial charge in [-0.3, -0.25) is 9.59 Å². The lowest BCUT2D eigenvalue weighted by molar-refractivity contribution is -0.122. The number of nitrogens with zero attached hydrogens (tertiary/aromatic N) is 1. The zero-order chi connectivity index (χ0) is 15.8. The summed E-state index contributed by atoms with van der Waals surface area (Å²) in [5, 5.41) is 13.6. The molecule has 112 valence electrons. The van der Waals surface area contributed by atoms with E-state index in [2.05, 4.69) is 10.6 Å². The Hall–Kier alpha value is -3.07. The fourth-order valence-corrected chi connectivity index (χ4v) is 1.95. The Morgan fingerprint density at radius 2 is 1.95 bits per heavy atom. The fourth-order valence-electron chi connectivity index (χ4n) is 1.95. The van der Waals surface area contributed by atoms with Crippen molar-refractivity contribution in [3.63, 3.8) is 0 Å². The van der Waals surface area contributed by atoms with E-state index in [-0.39, 0.29) is 12.3 Å². The molecule has 2 rings (SSSR count). The molecule has 0 fully saturated rings. The molecule has 0 saturated heterocycles. The van der Waals surface area contributed by atoms with Crippen LogP contribution in [0.2, 0.25) is 0 Å². The normalized spacial score (nSPS) is 11.2. The van der Waals surface area contributed by atoms with Crippen LogP contribution in [0.1, 0.15) is 16.1 Å². The minimum atomic E-state index is -0.784. The van der Waals surface area contributed by atoms with Crippen molar-refractivity contribution in [3.8, 4) is 6.07 Å². The second-order valence-corrected chi connectivity index (χ2v) is 4.57. The molecule has 0 radical (unpaired) electrons. The molecule has 22 heavy (non-hydrogen) atoms. The number of carbonyl (C=O) groups is 2. The average molecular weight is 297 g/mol. The highest BCUT2D eigenvalue weighted by Gasteiger charge is 2.22. The second-order valence-electron chi connectivity index (χ2n) is 4.57. The Bertz CT molecular complexity index is 660. The maximum absolute atomic E-state index is 12.1. The third kappa shape index (κ3) is 4.21. The maximum atomic E-state index is 12.1. The van der Waals surface area contributed by atoms with Crippen molar-refractivity contribution in [2.75, 3.05) is 6.54 Å². The van der Waals surface area contributed by atoms with Crippen molar-refractivity contribution in [2.24, 2.45) is 0 Å². The maximum Gasteiger partial charge on any atom is 0.287 e. The van der Waals surface area contributed by atoms with Crippen LogP contribution in [0.25, 0.3) is 0 Å². The minimum absolute atomic E-state index is 0.110. The number of nitrogens with one attached hydrogen (secondary N) is 2. The smallest absolute Gasteiger partial charge is 0.287 e. The average Bonchev–Trinajstić information content (AvgIpc) is 3.07. The van der Waals surface area contributed by atoms with Gasteiger partial charge in [0.25, 0.3) is 5.91 Å². The highest BCUT2D eigenvalue weighted by atomic mass is 16.3. The second kappa shape index (κ2) is 7.64. The highest BCUT2D eigenvalue weighted by Crippen LogP contribution is 2.06. The SMILES string of the molecule is N#CCNC(=O)C(Cc1ccccc1)NC(=O)c1ccco1. The number of benzene rings is 1. The molecule has 2 N–H and O–H groups in total. The molecule has 1 aromatic heterocycles. The van der Waals surface area contributed by atoms with Crippen molar-refractivity contribution in [1.29, 1.82) is 5.26 Å². The molecule has 2 aromatic rings. The van der Waals surface area contributed by atoms with Crippen LogP contribution in [0.4, 0.5) is 0 Å². The standard InChI is InChI=1S/C16H15N3O3/c17-8-9-18-15(20)13(11-12-5-2-1-3-6-12)19-16(21)14-7-4-10-22-14/h1-7,10,13H,9,11H2,(H,18,20)(H,19,21). The van der Waals surface area contributed by atoms with Crippen LogP contribution >= 0.6 is 0 Å². The van der Waals surface area contributed by atoms with E-state index in [1.807, 2.05) is 36.4 Å². The van der Waals surface area contributed by atoms with Gasteiger partial charge >= 0.3 is 0 Å². The summed E-state index contributed by atoms with van der Waals surface area (Å²) in [5.74, 6) is -0.755. The summed E-state index contributed by atoms with van der Waals surface area (Å²) < 4.78 is 5.01. The predicted molar refractivity (Wildman–Crippen MR) is 78.7 cm³/mol. The zero-order valence-electron chi connectivity index (χ0n) is 11.8. The van der Waals surface area contributed by atoms with E-state index in [9.17, 15) is 9.59 Å². The summed E-state index contributed by atoms with van der Waals surface area (Å²) >= 11 is 0. The Kier molecular flexibility index (Phi) is 5.32. The molecule has 0 bridgehead atoms. The van der Waals surface area contributed by atoms with Gasteiger partial charge in [-0.15, -0.1) is 0 Å². The van der Waals surface area contributed by atoms with Crippen LogP contribution in [0.3, 0.4) is 0 Å². The number of hydrogen-bond acceptors (Lipinski definition) is 4. The molecule has 1 atom stereocenters. The summed E-state index contributed by atoms with van der Waals surface area (Å²) in [6.07, 6.45) is 1.71. The molecule has 6 heteroatoms. The predicted octanol–water partition coefficient (Wildman–Crippen LogP) is 1.26. The van der Waals surface area contributed by atoms with E-state index in [0.717, 1.165) is 5.56 Å². The van der Waals surface area contributed by atoms with E-state index in [4.69, 9.17) is 9.68 Å². The van der Waals surface area contributed by atoms with Crippen molar-refractivity contribution < 1.29 is 14.0 Å². The first-order chi connectivity index (χ1) is 10.7. The molecular weight excluding hydrogens is 282 g/mol. The van der Waals surface area contributed by atoms with Crippen LogP contribution in [0.5, 0.6) is 0 Å². The summed E-state index contributed by atoms with van der Waals surface area (Å²) in [5.41, 5.74) is 0.902. The van der Waals surface area contributed by atoms with Crippen molar-refractivity contribution >= 4 is 11.8 Å². The molecule has 0 aliphatic rings. The van der Waals surface area contributed by atoms with Crippen molar-refractivity contribution in [3.05, 3.63) is 60.1 Å². The Labute approximate surface area is 127 Å². The van der Waals surface area contributed by atoms with Gasteiger partial charge in [0, 0.05) is 6.42 Å². The summed E-state index contributed by atoms with van der Waals surface area (Å²) in [6, 6.07) is 13.5. The Balaban J connectivity index is 2.09. The molecule has 1 aromatic carbocycles. The quantitative estimate of drug-likeness (QED) is 0.785. The van der Waals surface area contributed by atoms with Gasteiger partial charge in [-0.25, -0.2) is 0 Å². The van der Waals surface area contributed by atoms with Gasteiger partial charge in [0.2, 0.25) is 5.91 Å². The van der Waals surface area contributed by atoms with E-state index < -0.39 is 17.9 Å². The van der Waals surface area contributed by atoms with E-state index in [1.165, 1.54) is 12.3 Å². The zero-order valence-corrected chi connectivity index (χ0v) is 11.8. The van der Waals surface area contributed by atoms with E-state index in [0.29, 0.717) is 6.42 Å². The van der Waals surface area contributed by atoms with E-state index >= 15 is 0 Å². The van der Waals surface area contributed by atoms with Crippen LogP contribution in [-0.2, 0) is 11.2 Å². The first-order valence-corrected chi connectivity index (χ1v) is 6.73. The summed E-state index contributed by atoms with van der Waals surface area (Å²) in [4.78, 5) is 24.1. The molecule has 0 spiro atoms. The first kappa shape index (κ1) is 15.3. The number of furan rings is 1. The van der Waals surface area contributed by atoms with Crippen LogP contribution in [0, 0.1) is 11.3 Å². The summed E-state index contributed by atoms with van der Waals surface area (Å²) in [7, 11) is 0. The highest BCUT2D eigenvalue weighted by molar-refractivity contribution is 5.95.